The van der Waals surface area contributed by atoms with Gasteiger partial charge in [0.1, 0.15) is 11.5 Å². The van der Waals surface area contributed by atoms with Crippen LogP contribution in [0.25, 0.3) is 0 Å². The number of phenols is 2. The van der Waals surface area contributed by atoms with Crippen LogP contribution in [-0.2, 0) is 0 Å². The smallest absolute Gasteiger partial charge is 0.125 e. The van der Waals surface area contributed by atoms with Gasteiger partial charge >= 0.3 is 0 Å². The maximum Gasteiger partial charge on any atom is 0.125 e. The van der Waals surface area contributed by atoms with Crippen molar-refractivity contribution in [3.63, 3.8) is 0 Å². The van der Waals surface area contributed by atoms with Crippen molar-refractivity contribution < 1.29 is 10.2 Å². The van der Waals surface area contributed by atoms with E-state index in [1.165, 1.54) is 0 Å². The number of para-hydroxylation sites is 1. The number of benzene rings is 3. The molecule has 28 heavy (non-hydrogen) atoms. The van der Waals surface area contributed by atoms with E-state index in [0.29, 0.717) is 27.7 Å². The van der Waals surface area contributed by atoms with Crippen molar-refractivity contribution in [2.75, 3.05) is 0 Å². The Bertz CT molecular complexity index is 1100. The van der Waals surface area contributed by atoms with Crippen LogP contribution in [0.1, 0.15) is 28.4 Å². The molecule has 4 rings (SSSR count). The van der Waals surface area contributed by atoms with E-state index in [1.54, 1.807) is 36.0 Å². The lowest BCUT2D eigenvalue weighted by molar-refractivity contribution is 0.468. The number of aromatic hydroxyl groups is 2. The van der Waals surface area contributed by atoms with E-state index in [2.05, 4.69) is 0 Å². The number of hydrogen-bond donors (Lipinski definition) is 2. The second kappa shape index (κ2) is 7.70. The maximum atomic E-state index is 10.6. The first-order valence-corrected chi connectivity index (χ1v) is 10.4. The van der Waals surface area contributed by atoms with Gasteiger partial charge in [-0.3, -0.25) is 4.99 Å². The van der Waals surface area contributed by atoms with Gasteiger partial charge in [-0.25, -0.2) is 0 Å². The number of phenolic OH excluding ortho intramolecular Hbond substituents is 2. The molecule has 0 bridgehead atoms. The number of thioether (sulfide) groups is 1. The summed E-state index contributed by atoms with van der Waals surface area (Å²) in [7, 11) is 0. The van der Waals surface area contributed by atoms with Gasteiger partial charge in [0.05, 0.1) is 21.3 Å². The van der Waals surface area contributed by atoms with Gasteiger partial charge in [-0.15, -0.1) is 11.8 Å². The van der Waals surface area contributed by atoms with E-state index < -0.39 is 0 Å². The third kappa shape index (κ3) is 3.60. The summed E-state index contributed by atoms with van der Waals surface area (Å²) in [5.41, 5.74) is 3.62. The molecule has 0 aliphatic carbocycles. The molecular formula is C22H17Cl2NO2S. The van der Waals surface area contributed by atoms with Gasteiger partial charge in [-0.2, -0.15) is 0 Å². The quantitative estimate of drug-likeness (QED) is 0.457. The van der Waals surface area contributed by atoms with Crippen LogP contribution < -0.4 is 0 Å². The standard InChI is InChI=1S/C22H17Cl2NO2S/c1-12-9-20(27)14(10-16(12)24)18-11-21(13-5-2-3-8-19(13)26)28-22-15(23)6-4-7-17(22)25-18/h2-10,21,26-27H,11H2,1H3. The number of fused-ring (bicyclic) bond motifs is 1. The summed E-state index contributed by atoms with van der Waals surface area (Å²) in [5.74, 6) is 0.355. The predicted molar refractivity (Wildman–Crippen MR) is 117 cm³/mol. The number of halogens is 2. The Morgan fingerprint density at radius 1 is 0.964 bits per heavy atom. The fourth-order valence-corrected chi connectivity index (χ4v) is 4.99. The molecule has 0 saturated heterocycles. The topological polar surface area (TPSA) is 52.8 Å². The average Bonchev–Trinajstić information content (AvgIpc) is 2.86. The van der Waals surface area contributed by atoms with E-state index in [0.717, 1.165) is 21.7 Å². The van der Waals surface area contributed by atoms with Crippen LogP contribution in [0.2, 0.25) is 10.0 Å². The molecule has 1 aliphatic rings. The van der Waals surface area contributed by atoms with Gasteiger partial charge in [-0.05, 0) is 42.8 Å². The van der Waals surface area contributed by atoms with E-state index in [4.69, 9.17) is 28.2 Å². The highest BCUT2D eigenvalue weighted by Crippen LogP contribution is 2.50. The van der Waals surface area contributed by atoms with E-state index in [-0.39, 0.29) is 16.7 Å². The SMILES string of the molecule is Cc1cc(O)c(C2=Nc3cccc(Cl)c3SC(c3ccccc3O)C2)cc1Cl. The monoisotopic (exact) mass is 429 g/mol. The zero-order valence-electron chi connectivity index (χ0n) is 15.0. The molecule has 0 fully saturated rings. The number of rotatable bonds is 2. The van der Waals surface area contributed by atoms with Crippen molar-refractivity contribution in [2.45, 2.75) is 23.5 Å². The predicted octanol–water partition coefficient (Wildman–Crippen LogP) is 7.07. The van der Waals surface area contributed by atoms with Gasteiger partial charge in [-0.1, -0.05) is 47.5 Å². The summed E-state index contributed by atoms with van der Waals surface area (Å²) < 4.78 is 0. The Morgan fingerprint density at radius 3 is 2.54 bits per heavy atom. The lowest BCUT2D eigenvalue weighted by atomic mass is 9.99. The highest BCUT2D eigenvalue weighted by Gasteiger charge is 2.27. The van der Waals surface area contributed by atoms with Crippen molar-refractivity contribution in [1.82, 2.24) is 0 Å². The lowest BCUT2D eigenvalue weighted by Crippen LogP contribution is -2.06. The molecule has 1 heterocycles. The zero-order valence-corrected chi connectivity index (χ0v) is 17.3. The van der Waals surface area contributed by atoms with Crippen molar-refractivity contribution in [1.29, 1.82) is 0 Å². The van der Waals surface area contributed by atoms with Crippen LogP contribution in [-0.4, -0.2) is 15.9 Å². The summed E-state index contributed by atoms with van der Waals surface area (Å²) in [6.45, 7) is 1.84. The Hall–Kier alpha value is -2.14. The summed E-state index contributed by atoms with van der Waals surface area (Å²) in [6, 6.07) is 16.2. The lowest BCUT2D eigenvalue weighted by Gasteiger charge is -2.18. The summed E-state index contributed by atoms with van der Waals surface area (Å²) in [5, 5.41) is 22.0. The van der Waals surface area contributed by atoms with Crippen molar-refractivity contribution in [3.8, 4) is 11.5 Å². The van der Waals surface area contributed by atoms with Crippen LogP contribution in [0.3, 0.4) is 0 Å². The van der Waals surface area contributed by atoms with Gasteiger partial charge < -0.3 is 10.2 Å². The Kier molecular flexibility index (Phi) is 5.28. The highest BCUT2D eigenvalue weighted by atomic mass is 35.5. The van der Waals surface area contributed by atoms with Gasteiger partial charge in [0.2, 0.25) is 0 Å². The van der Waals surface area contributed by atoms with Crippen molar-refractivity contribution in [2.24, 2.45) is 4.99 Å². The minimum atomic E-state index is -0.124. The Labute approximate surface area is 177 Å². The number of aryl methyl sites for hydroxylation is 1. The molecule has 6 heteroatoms. The molecule has 3 aromatic carbocycles. The van der Waals surface area contributed by atoms with Crippen molar-refractivity contribution >= 4 is 46.4 Å². The van der Waals surface area contributed by atoms with Crippen LogP contribution in [0, 0.1) is 6.92 Å². The molecule has 0 radical (unpaired) electrons. The first kappa shape index (κ1) is 19.2. The fourth-order valence-electron chi connectivity index (χ4n) is 3.25. The van der Waals surface area contributed by atoms with Crippen LogP contribution in [0.5, 0.6) is 11.5 Å². The average molecular weight is 430 g/mol. The van der Waals surface area contributed by atoms with E-state index >= 15 is 0 Å². The van der Waals surface area contributed by atoms with Crippen LogP contribution >= 0.6 is 35.0 Å². The normalized spacial score (nSPS) is 16.2. The number of hydrogen-bond acceptors (Lipinski definition) is 4. The molecule has 3 aromatic rings. The molecule has 0 amide bonds. The van der Waals surface area contributed by atoms with E-state index in [1.807, 2.05) is 37.3 Å². The summed E-state index contributed by atoms with van der Waals surface area (Å²) >= 11 is 14.3. The molecule has 1 aliphatic heterocycles. The number of aliphatic imine (C=N–C) groups is 1. The van der Waals surface area contributed by atoms with Crippen LogP contribution in [0.4, 0.5) is 5.69 Å². The molecule has 0 saturated carbocycles. The summed E-state index contributed by atoms with van der Waals surface area (Å²) in [6.07, 6.45) is 0.500. The first-order chi connectivity index (χ1) is 13.4. The molecule has 0 aromatic heterocycles. The fraction of sp³-hybridized carbons (Fsp3) is 0.136. The molecule has 1 unspecified atom stereocenters. The van der Waals surface area contributed by atoms with E-state index in [9.17, 15) is 10.2 Å². The van der Waals surface area contributed by atoms with Gasteiger partial charge in [0.15, 0.2) is 0 Å². The minimum Gasteiger partial charge on any atom is -0.508 e. The molecule has 0 spiro atoms. The number of nitrogens with zero attached hydrogens (tertiary/aromatic N) is 1. The third-order valence-electron chi connectivity index (χ3n) is 4.71. The Balaban J connectivity index is 1.90. The largest absolute Gasteiger partial charge is 0.508 e. The minimum absolute atomic E-state index is 0.124. The molecule has 142 valence electrons. The molecule has 1 atom stereocenters. The summed E-state index contributed by atoms with van der Waals surface area (Å²) in [4.78, 5) is 5.67. The first-order valence-electron chi connectivity index (χ1n) is 8.74. The third-order valence-corrected chi connectivity index (χ3v) is 6.92. The maximum absolute atomic E-state index is 10.6. The van der Waals surface area contributed by atoms with Crippen molar-refractivity contribution in [3.05, 3.63) is 81.3 Å². The molecule has 3 nitrogen and oxygen atoms in total. The molecular weight excluding hydrogens is 413 g/mol. The second-order valence-corrected chi connectivity index (χ2v) is 8.66. The zero-order chi connectivity index (χ0) is 19.8. The van der Waals surface area contributed by atoms with Crippen LogP contribution in [0.15, 0.2) is 64.5 Å². The van der Waals surface area contributed by atoms with Gasteiger partial charge in [0, 0.05) is 27.8 Å². The Morgan fingerprint density at radius 2 is 1.75 bits per heavy atom. The molecule has 2 N–H and O–H groups in total. The van der Waals surface area contributed by atoms with Gasteiger partial charge in [0.25, 0.3) is 0 Å². The second-order valence-electron chi connectivity index (χ2n) is 6.63. The highest BCUT2D eigenvalue weighted by molar-refractivity contribution is 7.99.